The van der Waals surface area contributed by atoms with E-state index in [1.807, 2.05) is 78.9 Å². The van der Waals surface area contributed by atoms with Crippen LogP contribution >= 0.6 is 11.3 Å². The van der Waals surface area contributed by atoms with Crippen LogP contribution in [0.4, 0.5) is 0 Å². The summed E-state index contributed by atoms with van der Waals surface area (Å²) < 4.78 is 18.0. The molecule has 64 heavy (non-hydrogen) atoms. The van der Waals surface area contributed by atoms with Gasteiger partial charge in [0.15, 0.2) is 28.6 Å². The lowest BCUT2D eigenvalue weighted by Crippen LogP contribution is -2.00. The lowest BCUT2D eigenvalue weighted by molar-refractivity contribution is 0.634. The molecule has 7 heteroatoms. The van der Waals surface area contributed by atoms with E-state index < -0.39 is 0 Å². The minimum absolute atomic E-state index is 0.643. The maximum Gasteiger partial charge on any atom is 0.178 e. The summed E-state index contributed by atoms with van der Waals surface area (Å²) in [5.74, 6) is 1.94. The van der Waals surface area contributed by atoms with Gasteiger partial charge in [0.1, 0.15) is 11.2 Å². The van der Waals surface area contributed by atoms with Gasteiger partial charge in [-0.1, -0.05) is 121 Å². The number of nitrogens with zero attached hydrogens (tertiary/aromatic N) is 4. The predicted octanol–water partition coefficient (Wildman–Crippen LogP) is 15.8. The van der Waals surface area contributed by atoms with Crippen LogP contribution in [0, 0.1) is 0 Å². The molecule has 6 nitrogen and oxygen atoms in total. The molecule has 0 aliphatic carbocycles. The van der Waals surface area contributed by atoms with E-state index >= 15 is 0 Å². The number of benzene rings is 9. The number of fused-ring (bicyclic) bond motifs is 13. The number of para-hydroxylation sites is 3. The summed E-state index contributed by atoms with van der Waals surface area (Å²) in [4.78, 5) is 15.0. The van der Waals surface area contributed by atoms with Crippen LogP contribution in [0.1, 0.15) is 0 Å². The summed E-state index contributed by atoms with van der Waals surface area (Å²) in [5.41, 5.74) is 11.6. The summed E-state index contributed by atoms with van der Waals surface area (Å²) in [6, 6.07) is 68.1. The second kappa shape index (κ2) is 13.6. The minimum Gasteiger partial charge on any atom is -0.452 e. The van der Waals surface area contributed by atoms with Gasteiger partial charge in [-0.2, -0.15) is 0 Å². The van der Waals surface area contributed by atoms with Gasteiger partial charge in [-0.05, 0) is 78.4 Å². The van der Waals surface area contributed by atoms with Crippen LogP contribution < -0.4 is 0 Å². The van der Waals surface area contributed by atoms with Crippen LogP contribution in [0.2, 0.25) is 0 Å². The third-order valence-corrected chi connectivity index (χ3v) is 13.8. The average molecular weight is 837 g/mol. The SMILES string of the molecule is c1ccc(-c2nc(-c3ccccc3)nc(-c3ccc4sc5ccc(-n6c7ccccc7c7cc(-c8cccc9c8oc8c9ccc9c%10ccccc%10oc98)ccc76)cc5c4c3)n2)cc1. The fraction of sp³-hybridized carbons (Fsp3) is 0. The van der Waals surface area contributed by atoms with E-state index in [4.69, 9.17) is 23.8 Å². The highest BCUT2D eigenvalue weighted by atomic mass is 32.1. The summed E-state index contributed by atoms with van der Waals surface area (Å²) in [5, 5.41) is 9.00. The highest BCUT2D eigenvalue weighted by molar-refractivity contribution is 7.25. The first kappa shape index (κ1) is 35.2. The third kappa shape index (κ3) is 5.28. The molecular weight excluding hydrogens is 805 g/mol. The first-order valence-electron chi connectivity index (χ1n) is 21.3. The Hall–Kier alpha value is -8.39. The first-order chi connectivity index (χ1) is 31.7. The predicted molar refractivity (Wildman–Crippen MR) is 263 cm³/mol. The van der Waals surface area contributed by atoms with Gasteiger partial charge in [0.2, 0.25) is 0 Å². The van der Waals surface area contributed by atoms with Crippen LogP contribution in [0.3, 0.4) is 0 Å². The van der Waals surface area contributed by atoms with Gasteiger partial charge in [-0.15, -0.1) is 11.3 Å². The van der Waals surface area contributed by atoms with Gasteiger partial charge in [-0.25, -0.2) is 15.0 Å². The van der Waals surface area contributed by atoms with E-state index in [9.17, 15) is 0 Å². The summed E-state index contributed by atoms with van der Waals surface area (Å²) in [6.07, 6.45) is 0. The zero-order valence-corrected chi connectivity index (χ0v) is 34.8. The molecule has 0 amide bonds. The first-order valence-corrected chi connectivity index (χ1v) is 22.1. The summed E-state index contributed by atoms with van der Waals surface area (Å²) >= 11 is 1.80. The molecule has 0 aliphatic rings. The fourth-order valence-corrected chi connectivity index (χ4v) is 10.7. The maximum absolute atomic E-state index is 6.80. The number of hydrogen-bond donors (Lipinski definition) is 0. The summed E-state index contributed by atoms with van der Waals surface area (Å²) in [6.45, 7) is 0. The Kier molecular flexibility index (Phi) is 7.46. The van der Waals surface area contributed by atoms with Crippen molar-refractivity contribution in [2.45, 2.75) is 0 Å². The molecule has 0 saturated carbocycles. The van der Waals surface area contributed by atoms with E-state index in [0.29, 0.717) is 17.5 Å². The zero-order valence-electron chi connectivity index (χ0n) is 34.0. The van der Waals surface area contributed by atoms with Crippen molar-refractivity contribution in [1.82, 2.24) is 19.5 Å². The Bertz CT molecular complexity index is 4140. The lowest BCUT2D eigenvalue weighted by atomic mass is 10.00. The standard InChI is InChI=1S/C57H32N4O2S/c1-3-12-33(13-4-1)55-58-56(34-14-5-2-6-15-34)60-57(59-55)36-23-28-50-45(31-36)46-32-37(24-29-51(46)64-50)61-47-20-9-7-16-39(47)44-30-35(22-27-48(44)61)38-18-11-19-41-43-26-25-42-40-17-8-10-21-49(40)62-53(42)54(43)63-52(38)41/h1-32H. The highest BCUT2D eigenvalue weighted by Gasteiger charge is 2.21. The van der Waals surface area contributed by atoms with Crippen molar-refractivity contribution in [3.63, 3.8) is 0 Å². The van der Waals surface area contributed by atoms with Gasteiger partial charge in [0.25, 0.3) is 0 Å². The Morgan fingerprint density at radius 2 is 0.906 bits per heavy atom. The normalized spacial score (nSPS) is 12.1. The Balaban J connectivity index is 0.911. The number of hydrogen-bond acceptors (Lipinski definition) is 6. The van der Waals surface area contributed by atoms with Crippen molar-refractivity contribution in [2.24, 2.45) is 0 Å². The molecule has 0 N–H and O–H groups in total. The Morgan fingerprint density at radius 1 is 0.344 bits per heavy atom. The molecule has 0 aliphatic heterocycles. The Morgan fingerprint density at radius 3 is 1.69 bits per heavy atom. The minimum atomic E-state index is 0.643. The molecule has 14 rings (SSSR count). The second-order valence-electron chi connectivity index (χ2n) is 16.3. The van der Waals surface area contributed by atoms with Crippen molar-refractivity contribution in [3.8, 4) is 51.0 Å². The van der Waals surface area contributed by atoms with E-state index in [1.54, 1.807) is 11.3 Å². The molecular formula is C57H32N4O2S. The zero-order chi connectivity index (χ0) is 41.9. The lowest BCUT2D eigenvalue weighted by Gasteiger charge is -2.10. The van der Waals surface area contributed by atoms with Crippen LogP contribution in [0.5, 0.6) is 0 Å². The van der Waals surface area contributed by atoms with Crippen LogP contribution in [0.25, 0.3) is 137 Å². The van der Waals surface area contributed by atoms with Crippen LogP contribution in [0.15, 0.2) is 203 Å². The van der Waals surface area contributed by atoms with Crippen LogP contribution in [-0.2, 0) is 0 Å². The van der Waals surface area contributed by atoms with Crippen molar-refractivity contribution in [3.05, 3.63) is 194 Å². The van der Waals surface area contributed by atoms with Crippen molar-refractivity contribution >= 4 is 97.2 Å². The molecule has 0 fully saturated rings. The van der Waals surface area contributed by atoms with Gasteiger partial charge in [0, 0.05) is 80.4 Å². The molecule has 0 spiro atoms. The van der Waals surface area contributed by atoms with Gasteiger partial charge < -0.3 is 13.4 Å². The van der Waals surface area contributed by atoms with Gasteiger partial charge in [-0.3, -0.25) is 0 Å². The smallest absolute Gasteiger partial charge is 0.178 e. The van der Waals surface area contributed by atoms with E-state index in [-0.39, 0.29) is 0 Å². The second-order valence-corrected chi connectivity index (χ2v) is 17.4. The average Bonchev–Trinajstić information content (AvgIpc) is 4.13. The van der Waals surface area contributed by atoms with Crippen molar-refractivity contribution in [1.29, 1.82) is 0 Å². The molecule has 0 unspecified atom stereocenters. The monoisotopic (exact) mass is 836 g/mol. The quantitative estimate of drug-likeness (QED) is 0.173. The molecule has 9 aromatic carbocycles. The number of aromatic nitrogens is 4. The fourth-order valence-electron chi connectivity index (χ4n) is 9.67. The maximum atomic E-state index is 6.80. The molecule has 5 heterocycles. The molecule has 0 saturated heterocycles. The van der Waals surface area contributed by atoms with Crippen LogP contribution in [-0.4, -0.2) is 19.5 Å². The number of rotatable bonds is 5. The number of thiophene rings is 1. The van der Waals surface area contributed by atoms with Crippen molar-refractivity contribution in [2.75, 3.05) is 0 Å². The molecule has 298 valence electrons. The highest BCUT2D eigenvalue weighted by Crippen LogP contribution is 2.44. The van der Waals surface area contributed by atoms with E-state index in [0.717, 1.165) is 88.4 Å². The molecule has 0 bridgehead atoms. The molecule has 0 atom stereocenters. The van der Waals surface area contributed by atoms with E-state index in [1.165, 1.54) is 30.9 Å². The molecule has 0 radical (unpaired) electrons. The van der Waals surface area contributed by atoms with Crippen molar-refractivity contribution < 1.29 is 8.83 Å². The van der Waals surface area contributed by atoms with Gasteiger partial charge in [0.05, 0.1) is 11.0 Å². The number of furan rings is 2. The molecule has 5 aromatic heterocycles. The Labute approximate surface area is 368 Å². The third-order valence-electron chi connectivity index (χ3n) is 12.7. The largest absolute Gasteiger partial charge is 0.452 e. The summed E-state index contributed by atoms with van der Waals surface area (Å²) in [7, 11) is 0. The molecule has 14 aromatic rings. The van der Waals surface area contributed by atoms with Gasteiger partial charge >= 0.3 is 0 Å². The van der Waals surface area contributed by atoms with E-state index in [2.05, 4.69) is 120 Å². The topological polar surface area (TPSA) is 69.9 Å².